The predicted octanol–water partition coefficient (Wildman–Crippen LogP) is 3.21. The summed E-state index contributed by atoms with van der Waals surface area (Å²) in [5.41, 5.74) is 0.0486. The van der Waals surface area contributed by atoms with Crippen LogP contribution in [0.3, 0.4) is 0 Å². The highest BCUT2D eigenvalue weighted by Crippen LogP contribution is 2.38. The van der Waals surface area contributed by atoms with Crippen molar-refractivity contribution in [1.82, 2.24) is 14.7 Å². The van der Waals surface area contributed by atoms with Gasteiger partial charge in [0.05, 0.1) is 5.56 Å². The minimum atomic E-state index is -4.14. The number of hydrogen-bond acceptors (Lipinski definition) is 7. The maximum absolute atomic E-state index is 13.1. The molecule has 2 unspecified atom stereocenters. The number of sulfonamides is 1. The summed E-state index contributed by atoms with van der Waals surface area (Å²) >= 11 is 0. The van der Waals surface area contributed by atoms with Gasteiger partial charge in [-0.05, 0) is 70.2 Å². The van der Waals surface area contributed by atoms with Crippen molar-refractivity contribution in [2.75, 3.05) is 22.9 Å². The van der Waals surface area contributed by atoms with Gasteiger partial charge < -0.3 is 9.80 Å². The smallest absolute Gasteiger partial charge is 0.281 e. The highest BCUT2D eigenvalue weighted by molar-refractivity contribution is 7.90. The molecule has 2 fully saturated rings. The van der Waals surface area contributed by atoms with Crippen molar-refractivity contribution in [3.8, 4) is 0 Å². The van der Waals surface area contributed by atoms with Gasteiger partial charge in [0.1, 0.15) is 11.6 Å². The third-order valence-electron chi connectivity index (χ3n) is 7.03. The Morgan fingerprint density at radius 2 is 1.91 bits per heavy atom. The van der Waals surface area contributed by atoms with Crippen LogP contribution in [0, 0.1) is 5.92 Å². The van der Waals surface area contributed by atoms with Gasteiger partial charge in [-0.1, -0.05) is 13.0 Å². The quantitative estimate of drug-likeness (QED) is 0.736. The molecule has 0 spiro atoms. The van der Waals surface area contributed by atoms with Crippen molar-refractivity contribution < 1.29 is 13.2 Å². The summed E-state index contributed by atoms with van der Waals surface area (Å²) in [6.45, 7) is 10.1. The standard InChI is InChI=1S/C23H31N5O3S/c1-16-12-15-28(23(16,3)4)21-18(9-6-13-24-21)22(29)26-32(30,31)20-11-5-10-19(25-20)27-14-7-8-17(27)2/h5-6,9-11,13,16-17H,7-8,12,14-15H2,1-4H3,(H,26,29). The maximum Gasteiger partial charge on any atom is 0.281 e. The highest BCUT2D eigenvalue weighted by atomic mass is 32.2. The van der Waals surface area contributed by atoms with Crippen LogP contribution in [0.25, 0.3) is 0 Å². The zero-order valence-corrected chi connectivity index (χ0v) is 19.9. The number of pyridine rings is 2. The normalized spacial score (nSPS) is 22.9. The van der Waals surface area contributed by atoms with Crippen molar-refractivity contribution in [3.63, 3.8) is 0 Å². The molecule has 2 saturated heterocycles. The molecule has 4 heterocycles. The Bertz CT molecular complexity index is 1120. The molecule has 1 amide bonds. The third-order valence-corrected chi connectivity index (χ3v) is 8.26. The average molecular weight is 458 g/mol. The number of hydrogen-bond donors (Lipinski definition) is 1. The van der Waals surface area contributed by atoms with Gasteiger partial charge >= 0.3 is 0 Å². The summed E-state index contributed by atoms with van der Waals surface area (Å²) in [7, 11) is -4.14. The van der Waals surface area contributed by atoms with Crippen molar-refractivity contribution in [2.45, 2.75) is 63.6 Å². The Morgan fingerprint density at radius 3 is 2.56 bits per heavy atom. The molecule has 4 rings (SSSR count). The predicted molar refractivity (Wildman–Crippen MR) is 124 cm³/mol. The highest BCUT2D eigenvalue weighted by Gasteiger charge is 2.40. The number of rotatable bonds is 5. The number of nitrogens with one attached hydrogen (secondary N) is 1. The molecule has 0 radical (unpaired) electrons. The molecule has 2 aliphatic heterocycles. The molecule has 0 saturated carbocycles. The Balaban J connectivity index is 1.60. The van der Waals surface area contributed by atoms with Gasteiger partial charge in [0.2, 0.25) is 0 Å². The molecule has 8 nitrogen and oxygen atoms in total. The molecule has 0 bridgehead atoms. The topological polar surface area (TPSA) is 95.5 Å². The molecule has 2 aromatic heterocycles. The Kier molecular flexibility index (Phi) is 5.87. The van der Waals surface area contributed by atoms with Gasteiger partial charge in [0, 0.05) is 30.9 Å². The van der Waals surface area contributed by atoms with Crippen LogP contribution < -0.4 is 14.5 Å². The fourth-order valence-electron chi connectivity index (χ4n) is 4.61. The minimum Gasteiger partial charge on any atom is -0.354 e. The first-order chi connectivity index (χ1) is 15.1. The fourth-order valence-corrected chi connectivity index (χ4v) is 5.54. The number of amides is 1. The lowest BCUT2D eigenvalue weighted by atomic mass is 9.90. The van der Waals surface area contributed by atoms with E-state index in [0.29, 0.717) is 23.6 Å². The number of nitrogens with zero attached hydrogens (tertiary/aromatic N) is 4. The minimum absolute atomic E-state index is 0.164. The van der Waals surface area contributed by atoms with Crippen molar-refractivity contribution in [2.24, 2.45) is 5.92 Å². The molecule has 2 atom stereocenters. The molecule has 0 aliphatic carbocycles. The summed E-state index contributed by atoms with van der Waals surface area (Å²) in [5.74, 6) is 0.830. The van der Waals surface area contributed by atoms with E-state index >= 15 is 0 Å². The zero-order chi connectivity index (χ0) is 23.1. The Labute approximate surface area is 190 Å². The average Bonchev–Trinajstić information content (AvgIpc) is 3.30. The maximum atomic E-state index is 13.1. The lowest BCUT2D eigenvalue weighted by Crippen LogP contribution is -2.43. The fraction of sp³-hybridized carbons (Fsp3) is 0.522. The molecular weight excluding hydrogens is 426 g/mol. The van der Waals surface area contributed by atoms with E-state index in [1.54, 1.807) is 30.5 Å². The molecule has 32 heavy (non-hydrogen) atoms. The summed E-state index contributed by atoms with van der Waals surface area (Å²) in [4.78, 5) is 26.1. The van der Waals surface area contributed by atoms with E-state index in [-0.39, 0.29) is 16.1 Å². The largest absolute Gasteiger partial charge is 0.354 e. The summed E-state index contributed by atoms with van der Waals surface area (Å²) in [6.07, 6.45) is 4.70. The van der Waals surface area contributed by atoms with E-state index < -0.39 is 15.9 Å². The first kappa shape index (κ1) is 22.5. The molecule has 0 aromatic carbocycles. The first-order valence-corrected chi connectivity index (χ1v) is 12.6. The van der Waals surface area contributed by atoms with Crippen molar-refractivity contribution in [3.05, 3.63) is 42.1 Å². The van der Waals surface area contributed by atoms with Crippen LogP contribution in [0.15, 0.2) is 41.6 Å². The summed E-state index contributed by atoms with van der Waals surface area (Å²) < 4.78 is 28.3. The third kappa shape index (κ3) is 4.05. The first-order valence-electron chi connectivity index (χ1n) is 11.1. The monoisotopic (exact) mass is 457 g/mol. The second kappa shape index (κ2) is 8.35. The van der Waals surface area contributed by atoms with Crippen LogP contribution in [-0.2, 0) is 10.0 Å². The number of carbonyl (C=O) groups excluding carboxylic acids is 1. The van der Waals surface area contributed by atoms with E-state index in [1.165, 1.54) is 6.07 Å². The van der Waals surface area contributed by atoms with Gasteiger partial charge in [0.15, 0.2) is 5.03 Å². The van der Waals surface area contributed by atoms with Crippen molar-refractivity contribution in [1.29, 1.82) is 0 Å². The van der Waals surface area contributed by atoms with Crippen LogP contribution in [0.2, 0.25) is 0 Å². The van der Waals surface area contributed by atoms with E-state index in [1.807, 2.05) is 0 Å². The molecule has 172 valence electrons. The molecule has 1 N–H and O–H groups in total. The van der Waals surface area contributed by atoms with Gasteiger partial charge in [-0.25, -0.2) is 14.7 Å². The summed E-state index contributed by atoms with van der Waals surface area (Å²) in [5, 5.41) is -0.164. The number of anilines is 2. The second-order valence-corrected chi connectivity index (χ2v) is 11.0. The van der Waals surface area contributed by atoms with Crippen LogP contribution in [0.1, 0.15) is 57.3 Å². The van der Waals surface area contributed by atoms with Gasteiger partial charge in [-0.3, -0.25) is 4.79 Å². The van der Waals surface area contributed by atoms with E-state index in [4.69, 9.17) is 0 Å². The SMILES string of the molecule is CC1CCCN1c1cccc(S(=O)(=O)NC(=O)c2cccnc2N2CCC(C)C2(C)C)n1. The molecule has 2 aliphatic rings. The van der Waals surface area contributed by atoms with E-state index in [9.17, 15) is 13.2 Å². The summed E-state index contributed by atoms with van der Waals surface area (Å²) in [6, 6.07) is 8.44. The number of carbonyl (C=O) groups is 1. The van der Waals surface area contributed by atoms with Crippen LogP contribution in [0.5, 0.6) is 0 Å². The van der Waals surface area contributed by atoms with Crippen LogP contribution in [-0.4, -0.2) is 49.0 Å². The van der Waals surface area contributed by atoms with E-state index in [2.05, 4.69) is 52.2 Å². The molecular formula is C23H31N5O3S. The zero-order valence-electron chi connectivity index (χ0n) is 19.1. The van der Waals surface area contributed by atoms with Gasteiger partial charge in [-0.15, -0.1) is 0 Å². The van der Waals surface area contributed by atoms with Gasteiger partial charge in [-0.2, -0.15) is 8.42 Å². The Hall–Kier alpha value is -2.68. The number of aromatic nitrogens is 2. The lowest BCUT2D eigenvalue weighted by molar-refractivity contribution is 0.0981. The van der Waals surface area contributed by atoms with Crippen LogP contribution in [0.4, 0.5) is 11.6 Å². The van der Waals surface area contributed by atoms with E-state index in [0.717, 1.165) is 32.4 Å². The lowest BCUT2D eigenvalue weighted by Gasteiger charge is -2.36. The van der Waals surface area contributed by atoms with Crippen LogP contribution >= 0.6 is 0 Å². The molecule has 9 heteroatoms. The van der Waals surface area contributed by atoms with Crippen molar-refractivity contribution >= 4 is 27.6 Å². The molecule has 2 aromatic rings. The second-order valence-electron chi connectivity index (χ2n) is 9.32. The van der Waals surface area contributed by atoms with Gasteiger partial charge in [0.25, 0.3) is 15.9 Å². The Morgan fingerprint density at radius 1 is 1.12 bits per heavy atom.